The molecule has 0 spiro atoms. The van der Waals surface area contributed by atoms with Crippen LogP contribution in [0.15, 0.2) is 23.1 Å². The van der Waals surface area contributed by atoms with Gasteiger partial charge in [-0.05, 0) is 12.1 Å². The zero-order chi connectivity index (χ0) is 9.42. The molecule has 2 rings (SSSR count). The Morgan fingerprint density at radius 1 is 1.54 bits per heavy atom. The Bertz CT molecular complexity index is 521. The monoisotopic (exact) mass is 194 g/mol. The first-order valence-corrected chi connectivity index (χ1v) is 4.38. The largest absolute Gasteiger partial charge is 0.502 e. The van der Waals surface area contributed by atoms with E-state index in [1.165, 1.54) is 0 Å². The van der Waals surface area contributed by atoms with Gasteiger partial charge in [0.2, 0.25) is 0 Å². The lowest BCUT2D eigenvalue weighted by molar-refractivity contribution is 0.476. The van der Waals surface area contributed by atoms with E-state index in [2.05, 4.69) is 4.98 Å². The van der Waals surface area contributed by atoms with Gasteiger partial charge in [-0.25, -0.2) is 0 Å². The van der Waals surface area contributed by atoms with Crippen molar-refractivity contribution in [1.29, 1.82) is 0 Å². The molecule has 2 heterocycles. The fraction of sp³-hybridized carbons (Fsp3) is 0. The third-order valence-electron chi connectivity index (χ3n) is 1.68. The Hall–Kier alpha value is -1.62. The minimum atomic E-state index is -0.432. The van der Waals surface area contributed by atoms with E-state index in [0.29, 0.717) is 10.2 Å². The van der Waals surface area contributed by atoms with Crippen molar-refractivity contribution in [1.82, 2.24) is 4.98 Å². The summed E-state index contributed by atoms with van der Waals surface area (Å²) in [6.07, 6.45) is 1.56. The average Bonchev–Trinajstić information content (AvgIpc) is 2.15. The van der Waals surface area contributed by atoms with Gasteiger partial charge < -0.3 is 10.8 Å². The molecule has 0 radical (unpaired) electrons. The van der Waals surface area contributed by atoms with Crippen LogP contribution >= 0.6 is 11.3 Å². The molecule has 13 heavy (non-hydrogen) atoms. The van der Waals surface area contributed by atoms with E-state index in [9.17, 15) is 9.90 Å². The van der Waals surface area contributed by atoms with Crippen molar-refractivity contribution in [2.24, 2.45) is 0 Å². The summed E-state index contributed by atoms with van der Waals surface area (Å²) < 4.78 is 0.251. The average molecular weight is 194 g/mol. The fourth-order valence-electron chi connectivity index (χ4n) is 1.05. The van der Waals surface area contributed by atoms with E-state index in [4.69, 9.17) is 5.73 Å². The topological polar surface area (TPSA) is 76.2 Å². The summed E-state index contributed by atoms with van der Waals surface area (Å²) >= 11 is 0.934. The van der Waals surface area contributed by atoms with Crippen LogP contribution in [0.2, 0.25) is 0 Å². The molecule has 3 N–H and O–H groups in total. The van der Waals surface area contributed by atoms with Gasteiger partial charge in [0, 0.05) is 6.20 Å². The van der Waals surface area contributed by atoms with Crippen LogP contribution in [-0.2, 0) is 0 Å². The molecule has 2 aromatic heterocycles. The van der Waals surface area contributed by atoms with E-state index in [-0.39, 0.29) is 5.69 Å². The van der Waals surface area contributed by atoms with E-state index in [1.807, 2.05) is 0 Å². The molecule has 0 aromatic carbocycles. The summed E-state index contributed by atoms with van der Waals surface area (Å²) in [5, 5.41) is 9.24. The van der Waals surface area contributed by atoms with Crippen LogP contribution in [0, 0.1) is 0 Å². The van der Waals surface area contributed by atoms with Crippen LogP contribution in [-0.4, -0.2) is 10.1 Å². The van der Waals surface area contributed by atoms with Crippen LogP contribution < -0.4 is 10.5 Å². The number of nitrogen functional groups attached to an aromatic ring is 1. The number of pyridine rings is 1. The molecule has 0 saturated heterocycles. The lowest BCUT2D eigenvalue weighted by Crippen LogP contribution is -2.00. The first-order chi connectivity index (χ1) is 6.20. The third-order valence-corrected chi connectivity index (χ3v) is 2.61. The highest BCUT2D eigenvalue weighted by Gasteiger charge is 2.08. The van der Waals surface area contributed by atoms with Gasteiger partial charge in [0.1, 0.15) is 11.2 Å². The third kappa shape index (κ3) is 1.13. The normalized spacial score (nSPS) is 10.5. The highest BCUT2D eigenvalue weighted by molar-refractivity contribution is 7.16. The number of aromatic nitrogens is 1. The molecule has 0 aliphatic rings. The van der Waals surface area contributed by atoms with Gasteiger partial charge in [-0.3, -0.25) is 9.78 Å². The summed E-state index contributed by atoms with van der Waals surface area (Å²) in [4.78, 5) is 15.1. The number of hydrogen-bond acceptors (Lipinski definition) is 5. The van der Waals surface area contributed by atoms with Crippen molar-refractivity contribution in [2.45, 2.75) is 0 Å². The molecule has 0 atom stereocenters. The van der Waals surface area contributed by atoms with Crippen LogP contribution in [0.1, 0.15) is 0 Å². The number of nitrogens with zero attached hydrogens (tertiary/aromatic N) is 1. The van der Waals surface area contributed by atoms with Crippen LogP contribution in [0.3, 0.4) is 0 Å². The van der Waals surface area contributed by atoms with Crippen molar-refractivity contribution in [3.63, 3.8) is 0 Å². The Morgan fingerprint density at radius 3 is 3.08 bits per heavy atom. The Morgan fingerprint density at radius 2 is 2.31 bits per heavy atom. The first kappa shape index (κ1) is 8.00. The molecule has 0 unspecified atom stereocenters. The molecule has 4 nitrogen and oxygen atoms in total. The fourth-order valence-corrected chi connectivity index (χ4v) is 1.86. The number of fused-ring (bicyclic) bond motifs is 1. The maximum Gasteiger partial charge on any atom is 0.276 e. The molecule has 5 heteroatoms. The minimum Gasteiger partial charge on any atom is -0.502 e. The second kappa shape index (κ2) is 2.70. The summed E-state index contributed by atoms with van der Waals surface area (Å²) in [5.74, 6) is -0.406. The van der Waals surface area contributed by atoms with Gasteiger partial charge >= 0.3 is 0 Å². The van der Waals surface area contributed by atoms with Gasteiger partial charge in [0.15, 0.2) is 5.75 Å². The van der Waals surface area contributed by atoms with Gasteiger partial charge in [-0.15, -0.1) is 0 Å². The molecule has 0 fully saturated rings. The zero-order valence-electron chi connectivity index (χ0n) is 6.52. The minimum absolute atomic E-state index is 0.0550. The number of nitrogens with two attached hydrogens (primary N) is 1. The van der Waals surface area contributed by atoms with Crippen LogP contribution in [0.5, 0.6) is 5.75 Å². The number of aromatic hydroxyl groups is 1. The van der Waals surface area contributed by atoms with Crippen LogP contribution in [0.25, 0.3) is 10.2 Å². The molecule has 2 aromatic rings. The maximum atomic E-state index is 11.1. The summed E-state index contributed by atoms with van der Waals surface area (Å²) in [7, 11) is 0. The predicted molar refractivity (Wildman–Crippen MR) is 52.0 cm³/mol. The molecule has 66 valence electrons. The second-order valence-electron chi connectivity index (χ2n) is 2.50. The predicted octanol–water partition coefficient (Wildman–Crippen LogP) is 0.944. The smallest absolute Gasteiger partial charge is 0.276 e. The molecule has 0 amide bonds. The van der Waals surface area contributed by atoms with E-state index >= 15 is 0 Å². The van der Waals surface area contributed by atoms with Gasteiger partial charge in [-0.1, -0.05) is 11.3 Å². The van der Waals surface area contributed by atoms with Gasteiger partial charge in [0.05, 0.1) is 4.70 Å². The Balaban J connectivity index is 3.02. The molecular formula is C8H6N2O2S. The second-order valence-corrected chi connectivity index (χ2v) is 3.52. The Kier molecular flexibility index (Phi) is 1.66. The molecule has 0 aliphatic heterocycles. The molecular weight excluding hydrogens is 188 g/mol. The maximum absolute atomic E-state index is 11.1. The molecule has 0 bridgehead atoms. The SMILES string of the molecule is Nc1c(O)c(=O)sc2cccnc12. The summed E-state index contributed by atoms with van der Waals surface area (Å²) in [6, 6.07) is 3.46. The van der Waals surface area contributed by atoms with Gasteiger partial charge in [0.25, 0.3) is 4.74 Å². The molecule has 0 saturated carbocycles. The lowest BCUT2D eigenvalue weighted by Gasteiger charge is -2.00. The van der Waals surface area contributed by atoms with E-state index in [1.54, 1.807) is 18.3 Å². The number of rotatable bonds is 0. The Labute approximate surface area is 77.3 Å². The standard InChI is InChI=1S/C8H6N2O2S/c9-5-6-4(2-1-3-10-6)13-8(12)7(5)11/h1-3,11H,9H2. The summed E-state index contributed by atoms with van der Waals surface area (Å²) in [6.45, 7) is 0. The van der Waals surface area contributed by atoms with Gasteiger partial charge in [-0.2, -0.15) is 0 Å². The van der Waals surface area contributed by atoms with E-state index < -0.39 is 10.5 Å². The van der Waals surface area contributed by atoms with Crippen molar-refractivity contribution < 1.29 is 5.11 Å². The van der Waals surface area contributed by atoms with Crippen molar-refractivity contribution >= 4 is 27.2 Å². The number of anilines is 1. The highest BCUT2D eigenvalue weighted by atomic mass is 32.1. The first-order valence-electron chi connectivity index (χ1n) is 3.56. The number of hydrogen-bond donors (Lipinski definition) is 2. The van der Waals surface area contributed by atoms with Crippen molar-refractivity contribution in [3.05, 3.63) is 27.9 Å². The van der Waals surface area contributed by atoms with E-state index in [0.717, 1.165) is 11.3 Å². The van der Waals surface area contributed by atoms with Crippen LogP contribution in [0.4, 0.5) is 5.69 Å². The lowest BCUT2D eigenvalue weighted by atomic mass is 10.3. The van der Waals surface area contributed by atoms with Crippen molar-refractivity contribution in [3.8, 4) is 5.75 Å². The highest BCUT2D eigenvalue weighted by Crippen LogP contribution is 2.26. The quantitative estimate of drug-likeness (QED) is 0.654. The zero-order valence-corrected chi connectivity index (χ0v) is 7.34. The molecule has 0 aliphatic carbocycles. The summed E-state index contributed by atoms with van der Waals surface area (Å²) in [5.41, 5.74) is 6.04. The van der Waals surface area contributed by atoms with Crippen molar-refractivity contribution in [2.75, 3.05) is 5.73 Å².